The third-order valence-corrected chi connectivity index (χ3v) is 12.1. The molecule has 3 atom stereocenters. The predicted octanol–water partition coefficient (Wildman–Crippen LogP) is 5.58. The van der Waals surface area contributed by atoms with E-state index >= 15 is 0 Å². The Morgan fingerprint density at radius 3 is 2.30 bits per heavy atom. The maximum atomic E-state index is 14.2. The lowest BCUT2D eigenvalue weighted by Gasteiger charge is -2.46. The molecule has 248 valence electrons. The molecule has 3 aliphatic rings. The number of fused-ring (bicyclic) bond motifs is 2. The van der Waals surface area contributed by atoms with Crippen LogP contribution in [-0.2, 0) is 30.8 Å². The quantitative estimate of drug-likeness (QED) is 0.232. The molecule has 47 heavy (non-hydrogen) atoms. The van der Waals surface area contributed by atoms with Gasteiger partial charge in [0.15, 0.2) is 27.3 Å². The Balaban J connectivity index is 1.26. The zero-order valence-corrected chi connectivity index (χ0v) is 26.5. The van der Waals surface area contributed by atoms with Crippen LogP contribution in [0.1, 0.15) is 41.6 Å². The topological polar surface area (TPSA) is 122 Å². The molecule has 2 N–H and O–H groups in total. The summed E-state index contributed by atoms with van der Waals surface area (Å²) in [5, 5.41) is 14.9. The van der Waals surface area contributed by atoms with E-state index < -0.39 is 67.9 Å². The molecule has 2 saturated carbocycles. The number of rotatable bonds is 8. The number of sulfone groups is 1. The number of hydrogen-bond donors (Lipinski definition) is 2. The molecular weight excluding hydrogens is 661 g/mol. The summed E-state index contributed by atoms with van der Waals surface area (Å²) in [6.45, 7) is 0.240. The number of methoxy groups -OCH3 is 1. The van der Waals surface area contributed by atoms with Gasteiger partial charge in [-0.3, -0.25) is 4.79 Å². The van der Waals surface area contributed by atoms with Crippen LogP contribution in [0.2, 0.25) is 5.02 Å². The lowest BCUT2D eigenvalue weighted by atomic mass is 9.71. The van der Waals surface area contributed by atoms with E-state index in [1.165, 1.54) is 30.6 Å². The monoisotopic (exact) mass is 690 g/mol. The van der Waals surface area contributed by atoms with Gasteiger partial charge in [0.2, 0.25) is 0 Å². The van der Waals surface area contributed by atoms with Crippen LogP contribution < -0.4 is 5.32 Å². The van der Waals surface area contributed by atoms with E-state index in [0.29, 0.717) is 25.0 Å². The minimum atomic E-state index is -4.19. The van der Waals surface area contributed by atoms with Crippen molar-refractivity contribution in [3.05, 3.63) is 106 Å². The van der Waals surface area contributed by atoms with Crippen LogP contribution in [0.4, 0.5) is 18.9 Å². The molecule has 9 nitrogen and oxygen atoms in total. The van der Waals surface area contributed by atoms with Gasteiger partial charge in [-0.05, 0) is 61.3 Å². The molecule has 0 saturated heterocycles. The summed E-state index contributed by atoms with van der Waals surface area (Å²) < 4.78 is 74.2. The number of carbonyl (C=O) groups is 2. The molecule has 2 unspecified atom stereocenters. The van der Waals surface area contributed by atoms with Gasteiger partial charge in [0, 0.05) is 23.4 Å². The van der Waals surface area contributed by atoms with Crippen LogP contribution in [-0.4, -0.2) is 54.5 Å². The molecule has 3 aromatic carbocycles. The average molecular weight is 691 g/mol. The Kier molecular flexibility index (Phi) is 8.85. The molecule has 1 amide bonds. The van der Waals surface area contributed by atoms with Crippen molar-refractivity contribution in [2.24, 2.45) is 11.8 Å². The largest absolute Gasteiger partial charge is 0.466 e. The highest BCUT2D eigenvalue weighted by molar-refractivity contribution is 7.92. The number of aliphatic hydroxyl groups is 1. The van der Waals surface area contributed by atoms with Gasteiger partial charge >= 0.3 is 5.97 Å². The predicted molar refractivity (Wildman–Crippen MR) is 164 cm³/mol. The number of nitrogens with zero attached hydrogens (tertiary/aromatic N) is 1. The van der Waals surface area contributed by atoms with Crippen molar-refractivity contribution in [2.75, 3.05) is 12.4 Å². The molecule has 1 aliphatic heterocycles. The fourth-order valence-corrected chi connectivity index (χ4v) is 10.1. The number of halogens is 4. The summed E-state index contributed by atoms with van der Waals surface area (Å²) in [5.74, 6) is -7.33. The van der Waals surface area contributed by atoms with E-state index in [-0.39, 0.29) is 46.1 Å². The van der Waals surface area contributed by atoms with Crippen LogP contribution >= 0.6 is 11.6 Å². The van der Waals surface area contributed by atoms with E-state index in [1.807, 2.05) is 30.3 Å². The molecule has 0 spiro atoms. The van der Waals surface area contributed by atoms with Crippen molar-refractivity contribution in [1.82, 2.24) is 5.06 Å². The summed E-state index contributed by atoms with van der Waals surface area (Å²) >= 11 is 6.38. The first kappa shape index (κ1) is 33.0. The molecule has 0 radical (unpaired) electrons. The van der Waals surface area contributed by atoms with E-state index in [4.69, 9.17) is 21.2 Å². The van der Waals surface area contributed by atoms with Gasteiger partial charge < -0.3 is 20.0 Å². The number of benzene rings is 3. The van der Waals surface area contributed by atoms with Crippen LogP contribution in [0.5, 0.6) is 0 Å². The number of carbonyl (C=O) groups excluding carboxylic acids is 2. The van der Waals surface area contributed by atoms with Gasteiger partial charge in [-0.2, -0.15) is 0 Å². The van der Waals surface area contributed by atoms with Crippen molar-refractivity contribution in [1.29, 1.82) is 0 Å². The van der Waals surface area contributed by atoms with Crippen molar-refractivity contribution < 1.29 is 45.9 Å². The highest BCUT2D eigenvalue weighted by Crippen LogP contribution is 2.54. The van der Waals surface area contributed by atoms with Crippen molar-refractivity contribution >= 4 is 39.0 Å². The summed E-state index contributed by atoms with van der Waals surface area (Å²) in [6.07, 6.45) is 2.29. The van der Waals surface area contributed by atoms with E-state index in [1.54, 1.807) is 0 Å². The Labute approximate surface area is 273 Å². The summed E-state index contributed by atoms with van der Waals surface area (Å²) in [7, 11) is -2.96. The normalized spacial score (nSPS) is 25.6. The number of amides is 1. The minimum absolute atomic E-state index is 0.0283. The fraction of sp³-hybridized carbons (Fsp3) is 0.333. The number of hydrogen-bond acceptors (Lipinski definition) is 8. The van der Waals surface area contributed by atoms with Gasteiger partial charge in [0.25, 0.3) is 5.91 Å². The smallest absolute Gasteiger partial charge is 0.338 e. The first-order chi connectivity index (χ1) is 22.3. The molecule has 2 aliphatic carbocycles. The van der Waals surface area contributed by atoms with Gasteiger partial charge in [0.1, 0.15) is 12.3 Å². The first-order valence-electron chi connectivity index (χ1n) is 14.8. The molecule has 14 heteroatoms. The van der Waals surface area contributed by atoms with Gasteiger partial charge in [-0.15, -0.1) is 5.06 Å². The molecule has 6 rings (SSSR count). The number of ether oxygens (including phenoxy) is 1. The molecule has 2 bridgehead atoms. The second kappa shape index (κ2) is 12.6. The highest BCUT2D eigenvalue weighted by atomic mass is 35.5. The lowest BCUT2D eigenvalue weighted by molar-refractivity contribution is -0.180. The van der Waals surface area contributed by atoms with Crippen LogP contribution in [0, 0.1) is 29.3 Å². The lowest BCUT2D eigenvalue weighted by Crippen LogP contribution is -2.57. The Morgan fingerprint density at radius 1 is 1.04 bits per heavy atom. The Hall–Kier alpha value is -3.91. The van der Waals surface area contributed by atoms with Crippen molar-refractivity contribution in [3.63, 3.8) is 0 Å². The summed E-state index contributed by atoms with van der Waals surface area (Å²) in [5.41, 5.74) is -1.09. The van der Waals surface area contributed by atoms with Crippen LogP contribution in [0.15, 0.2) is 77.4 Å². The number of anilines is 1. The van der Waals surface area contributed by atoms with Crippen molar-refractivity contribution in [3.8, 4) is 0 Å². The first-order valence-corrected chi connectivity index (χ1v) is 16.7. The molecule has 1 heterocycles. The van der Waals surface area contributed by atoms with Gasteiger partial charge in [-0.25, -0.2) is 26.4 Å². The second-order valence-electron chi connectivity index (χ2n) is 12.1. The molecular formula is C33H30ClF3N2O7S. The fourth-order valence-electron chi connectivity index (χ4n) is 7.27. The Bertz CT molecular complexity index is 1840. The van der Waals surface area contributed by atoms with Crippen LogP contribution in [0.25, 0.3) is 0 Å². The zero-order valence-electron chi connectivity index (χ0n) is 25.0. The van der Waals surface area contributed by atoms with E-state index in [0.717, 1.165) is 11.6 Å². The second-order valence-corrected chi connectivity index (χ2v) is 14.6. The SMILES string of the molecule is COC(=O)C1=CON(Cc2ccccc2)[C@H]1C1(O)CC2CCC(C1)C2S(=O)(=O)c1cc(C(=O)Nc2cc(F)c(F)c(F)c2)ccc1Cl. The molecule has 2 fully saturated rings. The maximum Gasteiger partial charge on any atom is 0.338 e. The van der Waals surface area contributed by atoms with Crippen molar-refractivity contribution in [2.45, 2.75) is 54.0 Å². The van der Waals surface area contributed by atoms with Gasteiger partial charge in [-0.1, -0.05) is 41.9 Å². The average Bonchev–Trinajstić information content (AvgIpc) is 3.59. The van der Waals surface area contributed by atoms with Gasteiger partial charge in [0.05, 0.1) is 40.0 Å². The number of esters is 1. The number of nitrogens with one attached hydrogen (secondary N) is 1. The standard InChI is InChI=1S/C33H30ClF3N2O7S/c1-45-32(41)23-17-46-39(16-18-5-3-2-4-6-18)30(23)33(42)14-20-7-8-21(15-33)29(20)47(43,44)27-11-19(9-10-24(27)34)31(40)38-22-12-25(35)28(37)26(36)13-22/h2-6,9-13,17,20-21,29-30,42H,7-8,14-16H2,1H3,(H,38,40)/t20?,21?,29?,30-,33?/m1/s1. The summed E-state index contributed by atoms with van der Waals surface area (Å²) in [6, 6.07) is 13.2. The molecule has 0 aromatic heterocycles. The third-order valence-electron chi connectivity index (χ3n) is 9.18. The maximum absolute atomic E-state index is 14.2. The Morgan fingerprint density at radius 2 is 1.68 bits per heavy atom. The summed E-state index contributed by atoms with van der Waals surface area (Å²) in [4.78, 5) is 31.2. The minimum Gasteiger partial charge on any atom is -0.466 e. The van der Waals surface area contributed by atoms with E-state index in [9.17, 15) is 36.3 Å². The van der Waals surface area contributed by atoms with E-state index in [2.05, 4.69) is 5.32 Å². The number of hydroxylamine groups is 2. The third kappa shape index (κ3) is 6.13. The molecule has 3 aromatic rings. The van der Waals surface area contributed by atoms with Crippen LogP contribution in [0.3, 0.4) is 0 Å². The highest BCUT2D eigenvalue weighted by Gasteiger charge is 2.60. The zero-order chi connectivity index (χ0) is 33.7.